The smallest absolute Gasteiger partial charge is 0.309 e. The summed E-state index contributed by atoms with van der Waals surface area (Å²) in [5.41, 5.74) is 1.19. The van der Waals surface area contributed by atoms with Gasteiger partial charge in [-0.15, -0.1) is 0 Å². The Morgan fingerprint density at radius 3 is 2.00 bits per heavy atom. The fraction of sp³-hybridized carbons (Fsp3) is 0.296. The van der Waals surface area contributed by atoms with Crippen LogP contribution >= 0.6 is 0 Å². The van der Waals surface area contributed by atoms with Crippen molar-refractivity contribution >= 4 is 11.8 Å². The van der Waals surface area contributed by atoms with E-state index in [0.717, 1.165) is 0 Å². The number of esters is 1. The van der Waals surface area contributed by atoms with Gasteiger partial charge in [-0.3, -0.25) is 9.59 Å². The van der Waals surface area contributed by atoms with E-state index in [2.05, 4.69) is 4.98 Å². The molecule has 3 rings (SSSR count). The van der Waals surface area contributed by atoms with E-state index in [0.29, 0.717) is 17.5 Å². The summed E-state index contributed by atoms with van der Waals surface area (Å²) < 4.78 is 37.8. The first-order valence-corrected chi connectivity index (χ1v) is 11.2. The summed E-state index contributed by atoms with van der Waals surface area (Å²) in [4.78, 5) is 29.7. The standard InChI is InChI=1S/C27H27F2NO5/c1-4-17(15-22(31)25-26(32)23(34-3)13-14-30-25)27(33)35-16(2)24(18-5-9-20(28)10-6-18)19-7-11-21(29)12-8-19/h5-14,16-17,24,32H,4,15H2,1-3H3/t16-,17+/m0/s1. The monoisotopic (exact) mass is 483 g/mol. The maximum absolute atomic E-state index is 13.5. The lowest BCUT2D eigenvalue weighted by atomic mass is 9.87. The number of pyridine rings is 1. The van der Waals surface area contributed by atoms with Crippen LogP contribution in [0, 0.1) is 17.6 Å². The van der Waals surface area contributed by atoms with Crippen molar-refractivity contribution in [3.8, 4) is 11.5 Å². The third-order valence-electron chi connectivity index (χ3n) is 5.86. The van der Waals surface area contributed by atoms with Gasteiger partial charge in [-0.05, 0) is 48.7 Å². The first kappa shape index (κ1) is 25.8. The number of methoxy groups -OCH3 is 1. The number of carbonyl (C=O) groups excluding carboxylic acids is 2. The van der Waals surface area contributed by atoms with Crippen molar-refractivity contribution in [3.05, 3.63) is 89.2 Å². The van der Waals surface area contributed by atoms with Crippen LogP contribution in [-0.4, -0.2) is 35.1 Å². The van der Waals surface area contributed by atoms with Gasteiger partial charge >= 0.3 is 5.97 Å². The van der Waals surface area contributed by atoms with Gasteiger partial charge in [-0.25, -0.2) is 13.8 Å². The molecule has 3 aromatic rings. The highest BCUT2D eigenvalue weighted by atomic mass is 19.1. The second-order valence-electron chi connectivity index (χ2n) is 8.17. The average molecular weight is 484 g/mol. The molecule has 0 aliphatic rings. The number of ketones is 1. The van der Waals surface area contributed by atoms with E-state index in [4.69, 9.17) is 9.47 Å². The SMILES string of the molecule is CC[C@H](CC(=O)c1nccc(OC)c1O)C(=O)O[C@@H](C)C(c1ccc(F)cc1)c1ccc(F)cc1. The lowest BCUT2D eigenvalue weighted by Crippen LogP contribution is -2.29. The minimum Gasteiger partial charge on any atom is -0.503 e. The fourth-order valence-electron chi connectivity index (χ4n) is 3.94. The van der Waals surface area contributed by atoms with E-state index in [9.17, 15) is 23.5 Å². The molecule has 0 amide bonds. The molecule has 6 nitrogen and oxygen atoms in total. The molecule has 0 aliphatic heterocycles. The van der Waals surface area contributed by atoms with E-state index >= 15 is 0 Å². The number of aromatic nitrogens is 1. The number of Topliss-reactive ketones (excluding diaryl/α,β-unsaturated/α-hetero) is 1. The van der Waals surface area contributed by atoms with Gasteiger partial charge in [0.25, 0.3) is 0 Å². The summed E-state index contributed by atoms with van der Waals surface area (Å²) in [6, 6.07) is 13.0. The van der Waals surface area contributed by atoms with Gasteiger partial charge in [0.2, 0.25) is 0 Å². The predicted molar refractivity (Wildman–Crippen MR) is 125 cm³/mol. The number of aromatic hydroxyl groups is 1. The number of benzene rings is 2. The van der Waals surface area contributed by atoms with Crippen LogP contribution in [0.2, 0.25) is 0 Å². The molecule has 0 fully saturated rings. The van der Waals surface area contributed by atoms with Crippen LogP contribution in [0.25, 0.3) is 0 Å². The zero-order valence-corrected chi connectivity index (χ0v) is 19.7. The molecule has 0 saturated carbocycles. The highest BCUT2D eigenvalue weighted by molar-refractivity contribution is 5.99. The van der Waals surface area contributed by atoms with Gasteiger partial charge in [0.05, 0.1) is 13.0 Å². The van der Waals surface area contributed by atoms with Crippen molar-refractivity contribution in [2.24, 2.45) is 5.92 Å². The van der Waals surface area contributed by atoms with Gasteiger partial charge in [0.1, 0.15) is 17.7 Å². The molecule has 0 radical (unpaired) electrons. The molecular weight excluding hydrogens is 456 g/mol. The molecular formula is C27H27F2NO5. The third kappa shape index (κ3) is 6.20. The zero-order chi connectivity index (χ0) is 25.5. The molecule has 35 heavy (non-hydrogen) atoms. The number of carbonyl (C=O) groups is 2. The number of hydrogen-bond donors (Lipinski definition) is 1. The van der Waals surface area contributed by atoms with E-state index in [1.54, 1.807) is 38.1 Å². The Hall–Kier alpha value is -3.81. The molecule has 8 heteroatoms. The Balaban J connectivity index is 1.80. The van der Waals surface area contributed by atoms with E-state index in [-0.39, 0.29) is 23.6 Å². The van der Waals surface area contributed by atoms with Gasteiger partial charge < -0.3 is 14.6 Å². The van der Waals surface area contributed by atoms with Crippen molar-refractivity contribution < 1.29 is 33.0 Å². The molecule has 0 unspecified atom stereocenters. The maximum Gasteiger partial charge on any atom is 0.309 e. The third-order valence-corrected chi connectivity index (χ3v) is 5.86. The van der Waals surface area contributed by atoms with Gasteiger partial charge in [0.15, 0.2) is 23.0 Å². The van der Waals surface area contributed by atoms with Crippen LogP contribution in [0.1, 0.15) is 54.2 Å². The maximum atomic E-state index is 13.5. The van der Waals surface area contributed by atoms with Crippen molar-refractivity contribution in [1.29, 1.82) is 0 Å². The summed E-state index contributed by atoms with van der Waals surface area (Å²) in [5, 5.41) is 10.2. The Labute approximate surface area is 202 Å². The Bertz CT molecular complexity index is 1120. The highest BCUT2D eigenvalue weighted by Gasteiger charge is 2.30. The first-order valence-electron chi connectivity index (χ1n) is 11.2. The molecule has 0 bridgehead atoms. The van der Waals surface area contributed by atoms with Crippen molar-refractivity contribution in [2.45, 2.75) is 38.7 Å². The Morgan fingerprint density at radius 1 is 0.971 bits per heavy atom. The zero-order valence-electron chi connectivity index (χ0n) is 19.7. The van der Waals surface area contributed by atoms with Crippen LogP contribution in [0.3, 0.4) is 0 Å². The summed E-state index contributed by atoms with van der Waals surface area (Å²) in [7, 11) is 1.36. The average Bonchev–Trinajstić information content (AvgIpc) is 2.85. The number of rotatable bonds is 10. The molecule has 0 spiro atoms. The molecule has 1 N–H and O–H groups in total. The normalized spacial score (nSPS) is 12.7. The van der Waals surface area contributed by atoms with Crippen LogP contribution < -0.4 is 4.74 Å². The molecule has 1 aromatic heterocycles. The minimum absolute atomic E-state index is 0.106. The van der Waals surface area contributed by atoms with Gasteiger partial charge in [0, 0.05) is 24.6 Å². The molecule has 2 atom stereocenters. The highest BCUT2D eigenvalue weighted by Crippen LogP contribution is 2.32. The summed E-state index contributed by atoms with van der Waals surface area (Å²) >= 11 is 0. The fourth-order valence-corrected chi connectivity index (χ4v) is 3.94. The van der Waals surface area contributed by atoms with Crippen LogP contribution in [0.4, 0.5) is 8.78 Å². The predicted octanol–water partition coefficient (Wildman–Crippen LogP) is 5.44. The van der Waals surface area contributed by atoms with Crippen LogP contribution in [-0.2, 0) is 9.53 Å². The summed E-state index contributed by atoms with van der Waals surface area (Å²) in [5.74, 6) is -3.47. The van der Waals surface area contributed by atoms with Crippen molar-refractivity contribution in [3.63, 3.8) is 0 Å². The van der Waals surface area contributed by atoms with E-state index in [1.165, 1.54) is 43.6 Å². The van der Waals surface area contributed by atoms with Gasteiger partial charge in [-0.1, -0.05) is 31.2 Å². The topological polar surface area (TPSA) is 85.7 Å². The van der Waals surface area contributed by atoms with Gasteiger partial charge in [-0.2, -0.15) is 0 Å². The minimum atomic E-state index is -0.778. The lowest BCUT2D eigenvalue weighted by molar-refractivity contribution is -0.153. The van der Waals surface area contributed by atoms with Crippen LogP contribution in [0.5, 0.6) is 11.5 Å². The number of ether oxygens (including phenoxy) is 2. The number of nitrogens with zero attached hydrogens (tertiary/aromatic N) is 1. The van der Waals surface area contributed by atoms with E-state index < -0.39 is 41.3 Å². The second kappa shape index (κ2) is 11.6. The molecule has 1 heterocycles. The Morgan fingerprint density at radius 2 is 1.51 bits per heavy atom. The summed E-state index contributed by atoms with van der Waals surface area (Å²) in [6.45, 7) is 3.44. The van der Waals surface area contributed by atoms with E-state index in [1.807, 2.05) is 0 Å². The second-order valence-corrected chi connectivity index (χ2v) is 8.17. The lowest BCUT2D eigenvalue weighted by Gasteiger charge is -2.27. The molecule has 2 aromatic carbocycles. The number of halogens is 2. The molecule has 184 valence electrons. The molecule has 0 aliphatic carbocycles. The van der Waals surface area contributed by atoms with Crippen molar-refractivity contribution in [1.82, 2.24) is 4.98 Å². The van der Waals surface area contributed by atoms with Crippen LogP contribution in [0.15, 0.2) is 60.8 Å². The molecule has 0 saturated heterocycles. The Kier molecular flexibility index (Phi) is 8.52. The number of hydrogen-bond acceptors (Lipinski definition) is 6. The first-order chi connectivity index (χ1) is 16.7. The quantitative estimate of drug-likeness (QED) is 0.305. The van der Waals surface area contributed by atoms with Crippen molar-refractivity contribution in [2.75, 3.05) is 7.11 Å². The summed E-state index contributed by atoms with van der Waals surface area (Å²) in [6.07, 6.45) is 0.738. The largest absolute Gasteiger partial charge is 0.503 e.